The molecule has 4 N–H and O–H groups in total. The fourth-order valence-corrected chi connectivity index (χ4v) is 3.99. The molecule has 4 nitrogen and oxygen atoms in total. The van der Waals surface area contributed by atoms with E-state index < -0.39 is 5.54 Å². The maximum absolute atomic E-state index is 12.4. The van der Waals surface area contributed by atoms with Crippen molar-refractivity contribution in [1.29, 1.82) is 0 Å². The Kier molecular flexibility index (Phi) is 4.36. The van der Waals surface area contributed by atoms with Crippen molar-refractivity contribution in [3.63, 3.8) is 0 Å². The van der Waals surface area contributed by atoms with E-state index in [0.29, 0.717) is 0 Å². The minimum Gasteiger partial charge on any atom is -0.371 e. The molecule has 27 heavy (non-hydrogen) atoms. The average molecular weight is 359 g/mol. The lowest BCUT2D eigenvalue weighted by molar-refractivity contribution is -0.121. The topological polar surface area (TPSA) is 67.2 Å². The highest BCUT2D eigenvalue weighted by atomic mass is 16.1. The third-order valence-electron chi connectivity index (χ3n) is 5.64. The van der Waals surface area contributed by atoms with Crippen molar-refractivity contribution in [2.75, 3.05) is 13.1 Å². The van der Waals surface area contributed by atoms with Gasteiger partial charge in [0.15, 0.2) is 0 Å². The number of primary amides is 1. The van der Waals surface area contributed by atoms with Crippen LogP contribution in [0.25, 0.3) is 16.7 Å². The molecular formula is C23H25N3O. The SMILES string of the molecule is Cc1ccccc1-c1cccc(C2=CC3=C(CCNC3)NC2(C)C(N)=O)c1. The van der Waals surface area contributed by atoms with Gasteiger partial charge in [-0.1, -0.05) is 42.5 Å². The molecule has 2 aliphatic rings. The lowest BCUT2D eigenvalue weighted by Crippen LogP contribution is -2.56. The molecule has 4 heteroatoms. The number of hydrogen-bond acceptors (Lipinski definition) is 3. The van der Waals surface area contributed by atoms with Gasteiger partial charge in [0.25, 0.3) is 0 Å². The van der Waals surface area contributed by atoms with Gasteiger partial charge in [-0.2, -0.15) is 0 Å². The first-order valence-electron chi connectivity index (χ1n) is 9.38. The first-order chi connectivity index (χ1) is 13.0. The van der Waals surface area contributed by atoms with Crippen molar-refractivity contribution in [2.45, 2.75) is 25.8 Å². The molecule has 2 aliphatic heterocycles. The van der Waals surface area contributed by atoms with Gasteiger partial charge >= 0.3 is 0 Å². The molecule has 2 aromatic carbocycles. The molecule has 1 atom stereocenters. The highest BCUT2D eigenvalue weighted by Gasteiger charge is 2.40. The van der Waals surface area contributed by atoms with Crippen LogP contribution in [0.15, 0.2) is 65.9 Å². The van der Waals surface area contributed by atoms with Gasteiger partial charge in [0, 0.05) is 18.8 Å². The summed E-state index contributed by atoms with van der Waals surface area (Å²) in [7, 11) is 0. The van der Waals surface area contributed by atoms with E-state index in [1.54, 1.807) is 0 Å². The van der Waals surface area contributed by atoms with E-state index in [1.165, 1.54) is 16.7 Å². The summed E-state index contributed by atoms with van der Waals surface area (Å²) in [6, 6.07) is 16.7. The highest BCUT2D eigenvalue weighted by Crippen LogP contribution is 2.36. The molecule has 0 radical (unpaired) electrons. The van der Waals surface area contributed by atoms with Crippen LogP contribution in [0.2, 0.25) is 0 Å². The summed E-state index contributed by atoms with van der Waals surface area (Å²) >= 11 is 0. The number of carbonyl (C=O) groups excluding carboxylic acids is 1. The van der Waals surface area contributed by atoms with Crippen LogP contribution in [0.1, 0.15) is 24.5 Å². The Balaban J connectivity index is 1.84. The second-order valence-electron chi connectivity index (χ2n) is 7.50. The molecule has 1 amide bonds. The first-order valence-corrected chi connectivity index (χ1v) is 9.38. The van der Waals surface area contributed by atoms with Crippen molar-refractivity contribution in [3.05, 3.63) is 77.0 Å². The van der Waals surface area contributed by atoms with Crippen molar-refractivity contribution in [3.8, 4) is 11.1 Å². The number of dihydropyridines is 1. The number of carbonyl (C=O) groups is 1. The van der Waals surface area contributed by atoms with Crippen molar-refractivity contribution >= 4 is 11.5 Å². The highest BCUT2D eigenvalue weighted by molar-refractivity contribution is 6.01. The molecule has 1 unspecified atom stereocenters. The molecule has 0 aromatic heterocycles. The molecule has 2 heterocycles. The summed E-state index contributed by atoms with van der Waals surface area (Å²) in [5.74, 6) is -0.361. The number of aryl methyl sites for hydroxylation is 1. The number of rotatable bonds is 3. The molecular weight excluding hydrogens is 334 g/mol. The molecule has 0 fully saturated rings. The molecule has 138 valence electrons. The third kappa shape index (κ3) is 3.06. The maximum Gasteiger partial charge on any atom is 0.247 e. The Morgan fingerprint density at radius 2 is 1.89 bits per heavy atom. The summed E-state index contributed by atoms with van der Waals surface area (Å²) in [6.45, 7) is 5.71. The van der Waals surface area contributed by atoms with E-state index in [9.17, 15) is 4.79 Å². The predicted molar refractivity (Wildman–Crippen MR) is 110 cm³/mol. The fourth-order valence-electron chi connectivity index (χ4n) is 3.99. The number of nitrogens with one attached hydrogen (secondary N) is 2. The van der Waals surface area contributed by atoms with Crippen LogP contribution in [0.5, 0.6) is 0 Å². The fraction of sp³-hybridized carbons (Fsp3) is 0.261. The molecule has 0 saturated carbocycles. The van der Waals surface area contributed by atoms with Crippen LogP contribution >= 0.6 is 0 Å². The van der Waals surface area contributed by atoms with Crippen molar-refractivity contribution in [1.82, 2.24) is 10.6 Å². The van der Waals surface area contributed by atoms with Gasteiger partial charge < -0.3 is 16.4 Å². The van der Waals surface area contributed by atoms with Crippen LogP contribution in [-0.2, 0) is 4.79 Å². The lowest BCUT2D eigenvalue weighted by atomic mass is 9.79. The Bertz CT molecular complexity index is 973. The molecule has 2 aromatic rings. The predicted octanol–water partition coefficient (Wildman–Crippen LogP) is 3.14. The van der Waals surface area contributed by atoms with Crippen molar-refractivity contribution < 1.29 is 4.79 Å². The number of benzene rings is 2. The van der Waals surface area contributed by atoms with Crippen molar-refractivity contribution in [2.24, 2.45) is 5.73 Å². The van der Waals surface area contributed by atoms with Gasteiger partial charge in [-0.25, -0.2) is 0 Å². The number of amides is 1. The van der Waals surface area contributed by atoms with E-state index in [2.05, 4.69) is 60.0 Å². The zero-order valence-corrected chi connectivity index (χ0v) is 15.8. The minimum absolute atomic E-state index is 0.361. The van der Waals surface area contributed by atoms with E-state index in [-0.39, 0.29) is 5.91 Å². The Morgan fingerprint density at radius 3 is 2.67 bits per heavy atom. The molecule has 4 rings (SSSR count). The quantitative estimate of drug-likeness (QED) is 0.789. The largest absolute Gasteiger partial charge is 0.371 e. The summed E-state index contributed by atoms with van der Waals surface area (Å²) in [4.78, 5) is 12.4. The number of nitrogens with two attached hydrogens (primary N) is 1. The summed E-state index contributed by atoms with van der Waals surface area (Å²) in [6.07, 6.45) is 3.02. The molecule has 0 bridgehead atoms. The maximum atomic E-state index is 12.4. The van der Waals surface area contributed by atoms with E-state index in [0.717, 1.165) is 41.9 Å². The van der Waals surface area contributed by atoms with Crippen LogP contribution in [0.3, 0.4) is 0 Å². The smallest absolute Gasteiger partial charge is 0.247 e. The first kappa shape index (κ1) is 17.6. The standard InChI is InChI=1S/C23H25N3O/c1-15-6-3-4-9-19(15)16-7-5-8-17(12-16)20-13-18-14-25-11-10-21(18)26-23(20,2)22(24)27/h3-9,12-13,25-26H,10-11,14H2,1-2H3,(H2,24,27). The van der Waals surface area contributed by atoms with Crippen LogP contribution in [0, 0.1) is 6.92 Å². The van der Waals surface area contributed by atoms with Crippen LogP contribution in [0.4, 0.5) is 0 Å². The Hall–Kier alpha value is -2.85. The lowest BCUT2D eigenvalue weighted by Gasteiger charge is -2.39. The van der Waals surface area contributed by atoms with Gasteiger partial charge in [0.2, 0.25) is 5.91 Å². The van der Waals surface area contributed by atoms with E-state index in [1.807, 2.05) is 19.1 Å². The van der Waals surface area contributed by atoms with Gasteiger partial charge in [-0.15, -0.1) is 0 Å². The minimum atomic E-state index is -0.916. The van der Waals surface area contributed by atoms with Crippen LogP contribution in [-0.4, -0.2) is 24.5 Å². The van der Waals surface area contributed by atoms with Gasteiger partial charge in [-0.3, -0.25) is 4.79 Å². The average Bonchev–Trinajstić information content (AvgIpc) is 2.68. The second kappa shape index (κ2) is 6.71. The van der Waals surface area contributed by atoms with E-state index >= 15 is 0 Å². The summed E-state index contributed by atoms with van der Waals surface area (Å²) in [5, 5.41) is 6.85. The third-order valence-corrected chi connectivity index (χ3v) is 5.64. The zero-order chi connectivity index (χ0) is 19.0. The molecule has 0 saturated heterocycles. The van der Waals surface area contributed by atoms with E-state index in [4.69, 9.17) is 5.73 Å². The zero-order valence-electron chi connectivity index (χ0n) is 15.8. The number of hydrogen-bond donors (Lipinski definition) is 3. The van der Waals surface area contributed by atoms with Crippen LogP contribution < -0.4 is 16.4 Å². The molecule has 0 spiro atoms. The Morgan fingerprint density at radius 1 is 1.11 bits per heavy atom. The summed E-state index contributed by atoms with van der Waals surface area (Å²) < 4.78 is 0. The normalized spacial score (nSPS) is 21.9. The Labute approximate surface area is 160 Å². The van der Waals surface area contributed by atoms with Gasteiger partial charge in [-0.05, 0) is 65.8 Å². The molecule has 0 aliphatic carbocycles. The monoisotopic (exact) mass is 359 g/mol. The van der Waals surface area contributed by atoms with Gasteiger partial charge in [0.05, 0.1) is 0 Å². The summed E-state index contributed by atoms with van der Waals surface area (Å²) in [5.41, 5.74) is 12.8. The second-order valence-corrected chi connectivity index (χ2v) is 7.50. The van der Waals surface area contributed by atoms with Gasteiger partial charge in [0.1, 0.15) is 5.54 Å².